The Hall–Kier alpha value is -1.63. The van der Waals surface area contributed by atoms with Gasteiger partial charge in [-0.25, -0.2) is 0 Å². The number of ether oxygens (including phenoxy) is 1. The molecule has 0 bridgehead atoms. The van der Waals surface area contributed by atoms with Crippen molar-refractivity contribution < 1.29 is 15.1 Å². The predicted octanol–water partition coefficient (Wildman–Crippen LogP) is -0.0258. The van der Waals surface area contributed by atoms with Gasteiger partial charge >= 0.3 is 0 Å². The highest BCUT2D eigenvalue weighted by molar-refractivity contribution is 5.98. The van der Waals surface area contributed by atoms with E-state index in [0.29, 0.717) is 19.7 Å². The van der Waals surface area contributed by atoms with Crippen LogP contribution >= 0.6 is 0 Å². The topological polar surface area (TPSA) is 91.3 Å². The Morgan fingerprint density at radius 1 is 1.47 bits per heavy atom. The van der Waals surface area contributed by atoms with Gasteiger partial charge in [0.15, 0.2) is 5.84 Å². The molecule has 1 fully saturated rings. The zero-order valence-electron chi connectivity index (χ0n) is 10.7. The second-order valence-electron chi connectivity index (χ2n) is 4.55. The summed E-state index contributed by atoms with van der Waals surface area (Å²) in [6, 6.07) is 7.56. The van der Waals surface area contributed by atoms with Gasteiger partial charge in [-0.15, -0.1) is 0 Å². The Morgan fingerprint density at radius 2 is 2.26 bits per heavy atom. The van der Waals surface area contributed by atoms with Crippen molar-refractivity contribution in [1.82, 2.24) is 4.90 Å². The standard InChI is InChI=1S/C13H19N3O3/c14-13(15-18)12-4-2-1-3-10(12)7-16-5-6-19-11(8-16)9-17/h1-4,11,17-18H,5-9H2,(H2,14,15). The van der Waals surface area contributed by atoms with Crippen molar-refractivity contribution in [1.29, 1.82) is 0 Å². The van der Waals surface area contributed by atoms with Crippen LogP contribution in [0.5, 0.6) is 0 Å². The molecule has 1 atom stereocenters. The molecule has 0 radical (unpaired) electrons. The number of aliphatic hydroxyl groups excluding tert-OH is 1. The maximum atomic E-state index is 9.13. The van der Waals surface area contributed by atoms with E-state index in [4.69, 9.17) is 20.8 Å². The van der Waals surface area contributed by atoms with Gasteiger partial charge in [0.1, 0.15) is 0 Å². The van der Waals surface area contributed by atoms with E-state index >= 15 is 0 Å². The van der Waals surface area contributed by atoms with Crippen molar-refractivity contribution >= 4 is 5.84 Å². The van der Waals surface area contributed by atoms with Gasteiger partial charge in [0.2, 0.25) is 0 Å². The normalized spacial score (nSPS) is 21.5. The van der Waals surface area contributed by atoms with Crippen molar-refractivity contribution in [3.05, 3.63) is 35.4 Å². The second kappa shape index (κ2) is 6.51. The highest BCUT2D eigenvalue weighted by Gasteiger charge is 2.20. The van der Waals surface area contributed by atoms with Crippen molar-refractivity contribution in [3.8, 4) is 0 Å². The molecule has 1 aliphatic rings. The first-order chi connectivity index (χ1) is 9.24. The van der Waals surface area contributed by atoms with E-state index in [1.165, 1.54) is 0 Å². The number of aliphatic hydroxyl groups is 1. The number of amidine groups is 1. The summed E-state index contributed by atoms with van der Waals surface area (Å²) in [7, 11) is 0. The average molecular weight is 265 g/mol. The van der Waals surface area contributed by atoms with Crippen LogP contribution in [0.4, 0.5) is 0 Å². The van der Waals surface area contributed by atoms with Crippen LogP contribution in [0.2, 0.25) is 0 Å². The van der Waals surface area contributed by atoms with Crippen LogP contribution in [0.1, 0.15) is 11.1 Å². The van der Waals surface area contributed by atoms with Crippen LogP contribution in [-0.4, -0.2) is 53.5 Å². The Morgan fingerprint density at radius 3 is 3.00 bits per heavy atom. The van der Waals surface area contributed by atoms with Gasteiger partial charge in [0.05, 0.1) is 19.3 Å². The lowest BCUT2D eigenvalue weighted by Gasteiger charge is -2.32. The van der Waals surface area contributed by atoms with E-state index < -0.39 is 0 Å². The smallest absolute Gasteiger partial charge is 0.170 e. The minimum Gasteiger partial charge on any atom is -0.409 e. The van der Waals surface area contributed by atoms with Gasteiger partial charge in [-0.3, -0.25) is 4.90 Å². The fourth-order valence-electron chi connectivity index (χ4n) is 2.24. The summed E-state index contributed by atoms with van der Waals surface area (Å²) in [5.41, 5.74) is 7.40. The SMILES string of the molecule is N/C(=N/O)c1ccccc1CN1CCOC(CO)C1. The minimum absolute atomic E-state index is 0.0262. The largest absolute Gasteiger partial charge is 0.409 e. The van der Waals surface area contributed by atoms with Gasteiger partial charge in [0.25, 0.3) is 0 Å². The minimum atomic E-state index is -0.134. The first-order valence-corrected chi connectivity index (χ1v) is 6.25. The number of nitrogens with two attached hydrogens (primary N) is 1. The van der Waals surface area contributed by atoms with Crippen molar-refractivity contribution in [3.63, 3.8) is 0 Å². The molecule has 0 saturated carbocycles. The molecule has 1 saturated heterocycles. The van der Waals surface area contributed by atoms with Gasteiger partial charge in [0, 0.05) is 25.2 Å². The number of oxime groups is 1. The second-order valence-corrected chi connectivity index (χ2v) is 4.55. The van der Waals surface area contributed by atoms with Crippen molar-refractivity contribution in [2.24, 2.45) is 10.9 Å². The maximum absolute atomic E-state index is 9.13. The molecule has 1 aromatic rings. The van der Waals surface area contributed by atoms with Gasteiger partial charge < -0.3 is 20.8 Å². The third kappa shape index (κ3) is 3.44. The predicted molar refractivity (Wildman–Crippen MR) is 71.1 cm³/mol. The van der Waals surface area contributed by atoms with Crippen LogP contribution in [0.3, 0.4) is 0 Å². The molecule has 0 amide bonds. The molecule has 6 nitrogen and oxygen atoms in total. The summed E-state index contributed by atoms with van der Waals surface area (Å²) < 4.78 is 5.41. The van der Waals surface area contributed by atoms with Crippen LogP contribution < -0.4 is 5.73 Å². The van der Waals surface area contributed by atoms with Crippen LogP contribution in [-0.2, 0) is 11.3 Å². The lowest BCUT2D eigenvalue weighted by molar-refractivity contribution is -0.0551. The average Bonchev–Trinajstić information content (AvgIpc) is 2.47. The van der Waals surface area contributed by atoms with Gasteiger partial charge in [-0.1, -0.05) is 29.4 Å². The molecule has 0 spiro atoms. The summed E-state index contributed by atoms with van der Waals surface area (Å²) in [4.78, 5) is 2.19. The molecule has 0 aliphatic carbocycles. The number of hydrogen-bond donors (Lipinski definition) is 3. The van der Waals surface area contributed by atoms with E-state index in [2.05, 4.69) is 10.1 Å². The molecule has 1 aromatic carbocycles. The highest BCUT2D eigenvalue weighted by atomic mass is 16.5. The molecular formula is C13H19N3O3. The van der Waals surface area contributed by atoms with Crippen molar-refractivity contribution in [2.75, 3.05) is 26.3 Å². The summed E-state index contributed by atoms with van der Waals surface area (Å²) in [5.74, 6) is 0.113. The highest BCUT2D eigenvalue weighted by Crippen LogP contribution is 2.14. The molecular weight excluding hydrogens is 246 g/mol. The van der Waals surface area contributed by atoms with Crippen LogP contribution in [0.25, 0.3) is 0 Å². The fourth-order valence-corrected chi connectivity index (χ4v) is 2.24. The Kier molecular flexibility index (Phi) is 4.73. The lowest BCUT2D eigenvalue weighted by atomic mass is 10.1. The molecule has 19 heavy (non-hydrogen) atoms. The third-order valence-electron chi connectivity index (χ3n) is 3.22. The van der Waals surface area contributed by atoms with Gasteiger partial charge in [-0.2, -0.15) is 0 Å². The molecule has 4 N–H and O–H groups in total. The first kappa shape index (κ1) is 13.8. The van der Waals surface area contributed by atoms with Gasteiger partial charge in [-0.05, 0) is 5.56 Å². The number of morpholine rings is 1. The first-order valence-electron chi connectivity index (χ1n) is 6.25. The summed E-state index contributed by atoms with van der Waals surface area (Å²) in [6.45, 7) is 2.81. The number of hydrogen-bond acceptors (Lipinski definition) is 5. The molecule has 1 unspecified atom stereocenters. The Balaban J connectivity index is 2.10. The van der Waals surface area contributed by atoms with E-state index in [1.807, 2.05) is 24.3 Å². The lowest BCUT2D eigenvalue weighted by Crippen LogP contribution is -2.43. The summed E-state index contributed by atoms with van der Waals surface area (Å²) in [5, 5.41) is 21.0. The summed E-state index contributed by atoms with van der Waals surface area (Å²) in [6.07, 6.45) is -0.134. The number of nitrogens with zero attached hydrogens (tertiary/aromatic N) is 2. The van der Waals surface area contributed by atoms with E-state index in [1.54, 1.807) is 0 Å². The van der Waals surface area contributed by atoms with Crippen molar-refractivity contribution in [2.45, 2.75) is 12.6 Å². The zero-order valence-corrected chi connectivity index (χ0v) is 10.7. The summed E-state index contributed by atoms with van der Waals surface area (Å²) >= 11 is 0. The molecule has 6 heteroatoms. The molecule has 1 heterocycles. The van der Waals surface area contributed by atoms with Crippen LogP contribution in [0, 0.1) is 0 Å². The fraction of sp³-hybridized carbons (Fsp3) is 0.462. The Labute approximate surface area is 112 Å². The van der Waals surface area contributed by atoms with E-state index in [0.717, 1.165) is 17.7 Å². The molecule has 1 aliphatic heterocycles. The molecule has 104 valence electrons. The van der Waals surface area contributed by atoms with E-state index in [9.17, 15) is 0 Å². The molecule has 2 rings (SSSR count). The number of rotatable bonds is 4. The monoisotopic (exact) mass is 265 g/mol. The van der Waals surface area contributed by atoms with E-state index in [-0.39, 0.29) is 18.5 Å². The van der Waals surface area contributed by atoms with Crippen LogP contribution in [0.15, 0.2) is 29.4 Å². The maximum Gasteiger partial charge on any atom is 0.170 e. The Bertz CT molecular complexity index is 451. The quantitative estimate of drug-likeness (QED) is 0.308. The third-order valence-corrected chi connectivity index (χ3v) is 3.22. The molecule has 0 aromatic heterocycles. The zero-order chi connectivity index (χ0) is 13.7. The number of benzene rings is 1.